The molecule has 12 rings (SSSR count). The van der Waals surface area contributed by atoms with E-state index < -0.39 is 0 Å². The number of hydrogen-bond acceptors (Lipinski definition) is 1. The molecule has 0 saturated heterocycles. The zero-order chi connectivity index (χ0) is 42.4. The third kappa shape index (κ3) is 6.44. The van der Waals surface area contributed by atoms with Gasteiger partial charge in [0, 0.05) is 38.9 Å². The molecule has 1 aromatic heterocycles. The SMILES string of the molecule is c1ccc(-c2ccccc2-c2ccc(N(c3ccc(-c4cccc5ccccc45)cc3)c3cccc(-c4cc5ccccc5c5c4c4ccccc4n5-c4ccccc4)c3)cc2)cc1. The molecule has 64 heavy (non-hydrogen) atoms. The summed E-state index contributed by atoms with van der Waals surface area (Å²) in [4.78, 5) is 2.40. The van der Waals surface area contributed by atoms with Gasteiger partial charge in [-0.25, -0.2) is 0 Å². The molecule has 0 fully saturated rings. The van der Waals surface area contributed by atoms with Crippen LogP contribution in [-0.2, 0) is 0 Å². The minimum absolute atomic E-state index is 1.08. The fourth-order valence-electron chi connectivity index (χ4n) is 9.83. The molecule has 0 atom stereocenters. The van der Waals surface area contributed by atoms with Gasteiger partial charge in [0.1, 0.15) is 0 Å². The number of hydrogen-bond donors (Lipinski definition) is 0. The highest BCUT2D eigenvalue weighted by molar-refractivity contribution is 6.24. The Morgan fingerprint density at radius 1 is 0.281 bits per heavy atom. The first-order chi connectivity index (χ1) is 31.8. The van der Waals surface area contributed by atoms with Gasteiger partial charge in [-0.3, -0.25) is 0 Å². The van der Waals surface area contributed by atoms with Gasteiger partial charge in [-0.05, 0) is 121 Å². The number of rotatable bonds is 8. The van der Waals surface area contributed by atoms with Gasteiger partial charge in [0.15, 0.2) is 0 Å². The van der Waals surface area contributed by atoms with E-state index >= 15 is 0 Å². The van der Waals surface area contributed by atoms with Crippen molar-refractivity contribution in [2.45, 2.75) is 0 Å². The molecule has 0 bridgehead atoms. The van der Waals surface area contributed by atoms with Gasteiger partial charge in [0.25, 0.3) is 0 Å². The first-order valence-electron chi connectivity index (χ1n) is 22.0. The second-order valence-corrected chi connectivity index (χ2v) is 16.5. The smallest absolute Gasteiger partial charge is 0.0625 e. The van der Waals surface area contributed by atoms with Crippen LogP contribution in [0.2, 0.25) is 0 Å². The minimum Gasteiger partial charge on any atom is -0.310 e. The second-order valence-electron chi connectivity index (χ2n) is 16.5. The molecule has 0 N–H and O–H groups in total. The number of aromatic nitrogens is 1. The van der Waals surface area contributed by atoms with Crippen molar-refractivity contribution < 1.29 is 0 Å². The second kappa shape index (κ2) is 15.8. The van der Waals surface area contributed by atoms with Gasteiger partial charge in [-0.2, -0.15) is 0 Å². The van der Waals surface area contributed by atoms with Crippen molar-refractivity contribution in [2.24, 2.45) is 0 Å². The van der Waals surface area contributed by atoms with Gasteiger partial charge in [-0.1, -0.05) is 194 Å². The fourth-order valence-corrected chi connectivity index (χ4v) is 9.83. The van der Waals surface area contributed by atoms with Gasteiger partial charge in [-0.15, -0.1) is 0 Å². The highest BCUT2D eigenvalue weighted by Crippen LogP contribution is 2.45. The van der Waals surface area contributed by atoms with Crippen LogP contribution in [0.1, 0.15) is 0 Å². The number of benzene rings is 11. The van der Waals surface area contributed by atoms with E-state index in [9.17, 15) is 0 Å². The minimum atomic E-state index is 1.08. The normalized spacial score (nSPS) is 11.4. The molecule has 0 saturated carbocycles. The molecular formula is C62H42N2. The molecule has 0 unspecified atom stereocenters. The Bertz CT molecular complexity index is 3640. The zero-order valence-electron chi connectivity index (χ0n) is 35.1. The van der Waals surface area contributed by atoms with Crippen molar-refractivity contribution in [1.82, 2.24) is 4.57 Å². The van der Waals surface area contributed by atoms with Crippen LogP contribution in [0.5, 0.6) is 0 Å². The molecule has 12 aromatic rings. The van der Waals surface area contributed by atoms with Crippen molar-refractivity contribution >= 4 is 60.4 Å². The van der Waals surface area contributed by atoms with E-state index in [2.05, 4.69) is 264 Å². The molecule has 0 aliphatic heterocycles. The number of para-hydroxylation sites is 2. The highest BCUT2D eigenvalue weighted by Gasteiger charge is 2.21. The van der Waals surface area contributed by atoms with Crippen LogP contribution >= 0.6 is 0 Å². The summed E-state index contributed by atoms with van der Waals surface area (Å²) >= 11 is 0. The summed E-state index contributed by atoms with van der Waals surface area (Å²) in [5.74, 6) is 0. The van der Waals surface area contributed by atoms with Crippen LogP contribution < -0.4 is 4.90 Å². The van der Waals surface area contributed by atoms with E-state index in [0.29, 0.717) is 0 Å². The lowest BCUT2D eigenvalue weighted by atomic mass is 9.94. The Kier molecular flexibility index (Phi) is 9.20. The summed E-state index contributed by atoms with van der Waals surface area (Å²) in [5.41, 5.74) is 16.4. The lowest BCUT2D eigenvalue weighted by Crippen LogP contribution is -2.10. The van der Waals surface area contributed by atoms with E-state index in [0.717, 1.165) is 28.3 Å². The number of fused-ring (bicyclic) bond motifs is 6. The molecule has 300 valence electrons. The van der Waals surface area contributed by atoms with Crippen LogP contribution in [0.25, 0.3) is 93.5 Å². The average molecular weight is 815 g/mol. The van der Waals surface area contributed by atoms with Crippen molar-refractivity contribution in [3.05, 3.63) is 255 Å². The molecular weight excluding hydrogens is 773 g/mol. The summed E-state index contributed by atoms with van der Waals surface area (Å²) in [7, 11) is 0. The molecule has 0 amide bonds. The molecule has 1 heterocycles. The van der Waals surface area contributed by atoms with E-state index in [1.54, 1.807) is 0 Å². The Morgan fingerprint density at radius 2 is 0.781 bits per heavy atom. The Balaban J connectivity index is 1.04. The molecule has 2 heteroatoms. The quantitative estimate of drug-likeness (QED) is 0.148. The lowest BCUT2D eigenvalue weighted by molar-refractivity contribution is 1.19. The summed E-state index contributed by atoms with van der Waals surface area (Å²) in [6.07, 6.45) is 0. The predicted molar refractivity (Wildman–Crippen MR) is 272 cm³/mol. The third-order valence-corrected chi connectivity index (χ3v) is 12.8. The van der Waals surface area contributed by atoms with Crippen LogP contribution in [-0.4, -0.2) is 4.57 Å². The Labute approximate surface area is 373 Å². The number of anilines is 3. The fraction of sp³-hybridized carbons (Fsp3) is 0. The zero-order valence-corrected chi connectivity index (χ0v) is 35.1. The van der Waals surface area contributed by atoms with Crippen molar-refractivity contribution in [2.75, 3.05) is 4.90 Å². The van der Waals surface area contributed by atoms with Gasteiger partial charge >= 0.3 is 0 Å². The van der Waals surface area contributed by atoms with Crippen molar-refractivity contribution in [1.29, 1.82) is 0 Å². The van der Waals surface area contributed by atoms with E-state index in [1.807, 2.05) is 0 Å². The average Bonchev–Trinajstić information content (AvgIpc) is 3.73. The number of nitrogens with zero attached hydrogens (tertiary/aromatic N) is 2. The summed E-state index contributed by atoms with van der Waals surface area (Å²) in [6.45, 7) is 0. The largest absolute Gasteiger partial charge is 0.310 e. The maximum Gasteiger partial charge on any atom is 0.0625 e. The van der Waals surface area contributed by atoms with Gasteiger partial charge in [0.05, 0.1) is 11.0 Å². The van der Waals surface area contributed by atoms with E-state index in [1.165, 1.54) is 82.3 Å². The van der Waals surface area contributed by atoms with Gasteiger partial charge in [0.2, 0.25) is 0 Å². The van der Waals surface area contributed by atoms with Crippen molar-refractivity contribution in [3.63, 3.8) is 0 Å². The van der Waals surface area contributed by atoms with Crippen LogP contribution in [0.4, 0.5) is 17.1 Å². The van der Waals surface area contributed by atoms with Crippen LogP contribution in [0.3, 0.4) is 0 Å². The van der Waals surface area contributed by atoms with Crippen LogP contribution in [0.15, 0.2) is 255 Å². The summed E-state index contributed by atoms with van der Waals surface area (Å²) < 4.78 is 2.45. The highest BCUT2D eigenvalue weighted by atomic mass is 15.1. The topological polar surface area (TPSA) is 8.17 Å². The molecule has 11 aromatic carbocycles. The van der Waals surface area contributed by atoms with E-state index in [4.69, 9.17) is 0 Å². The molecule has 2 nitrogen and oxygen atoms in total. The lowest BCUT2D eigenvalue weighted by Gasteiger charge is -2.27. The molecule has 0 spiro atoms. The maximum atomic E-state index is 2.45. The summed E-state index contributed by atoms with van der Waals surface area (Å²) in [5, 5.41) is 7.43. The maximum absolute atomic E-state index is 2.45. The first-order valence-corrected chi connectivity index (χ1v) is 22.0. The summed E-state index contributed by atoms with van der Waals surface area (Å²) in [6, 6.07) is 92.6. The van der Waals surface area contributed by atoms with Crippen LogP contribution in [0, 0.1) is 0 Å². The van der Waals surface area contributed by atoms with E-state index in [-0.39, 0.29) is 0 Å². The van der Waals surface area contributed by atoms with Crippen molar-refractivity contribution in [3.8, 4) is 50.2 Å². The Morgan fingerprint density at radius 3 is 1.50 bits per heavy atom. The standard InChI is InChI=1S/C62H42N2/c1-3-17-43(18-4-1)53-27-11-12-28-55(53)45-33-37-50(38-34-45)63(51-39-35-46(36-40-51)56-31-16-21-44-19-7-9-26-54(44)56)52-25-15-22-47(41-52)59-42-48-20-8-10-29-57(48)62-61(59)58-30-13-14-32-60(58)64(62)49-23-5-2-6-24-49/h1-42H. The molecule has 0 radical (unpaired) electrons. The monoisotopic (exact) mass is 814 g/mol. The first kappa shape index (κ1) is 37.3. The molecule has 0 aliphatic rings. The Hall–Kier alpha value is -8.46. The predicted octanol–water partition coefficient (Wildman–Crippen LogP) is 17.2. The molecule has 0 aliphatic carbocycles. The van der Waals surface area contributed by atoms with Gasteiger partial charge < -0.3 is 9.47 Å². The third-order valence-electron chi connectivity index (χ3n) is 12.8.